The van der Waals surface area contributed by atoms with Crippen molar-refractivity contribution in [1.29, 1.82) is 0 Å². The van der Waals surface area contributed by atoms with Crippen LogP contribution in [0.4, 0.5) is 17.1 Å². The molecular weight excluding hydrogens is 587 g/mol. The van der Waals surface area contributed by atoms with Crippen LogP contribution in [-0.2, 0) is 0 Å². The van der Waals surface area contributed by atoms with Crippen LogP contribution in [0.2, 0.25) is 0 Å². The van der Waals surface area contributed by atoms with Gasteiger partial charge in [0.1, 0.15) is 11.2 Å². The van der Waals surface area contributed by atoms with Crippen molar-refractivity contribution in [3.8, 4) is 33.8 Å². The zero-order chi connectivity index (χ0) is 31.9. The van der Waals surface area contributed by atoms with E-state index >= 15 is 0 Å². The van der Waals surface area contributed by atoms with Gasteiger partial charge in [0.15, 0.2) is 5.82 Å². The predicted molar refractivity (Wildman–Crippen MR) is 198 cm³/mol. The molecule has 4 nitrogen and oxygen atoms in total. The SMILES string of the molecule is c1ccc(-c2ccc(N(c3ccccc3)c3cccc4oc5cc(-c6nc(-c7ccccc7)c7ccccc7n6)ccc5c34)cc2)cc1. The van der Waals surface area contributed by atoms with Gasteiger partial charge < -0.3 is 9.32 Å². The summed E-state index contributed by atoms with van der Waals surface area (Å²) >= 11 is 0. The molecule has 0 aliphatic rings. The molecule has 0 fully saturated rings. The van der Waals surface area contributed by atoms with Gasteiger partial charge in [-0.05, 0) is 65.7 Å². The molecule has 0 spiro atoms. The third-order valence-corrected chi connectivity index (χ3v) is 8.87. The van der Waals surface area contributed by atoms with Crippen LogP contribution in [0.1, 0.15) is 0 Å². The highest BCUT2D eigenvalue weighted by atomic mass is 16.3. The lowest BCUT2D eigenvalue weighted by Crippen LogP contribution is -2.10. The third-order valence-electron chi connectivity index (χ3n) is 8.87. The molecule has 9 rings (SSSR count). The first kappa shape index (κ1) is 27.8. The first-order valence-corrected chi connectivity index (χ1v) is 16.1. The number of nitrogens with zero attached hydrogens (tertiary/aromatic N) is 3. The largest absolute Gasteiger partial charge is 0.456 e. The summed E-state index contributed by atoms with van der Waals surface area (Å²) in [6.07, 6.45) is 0. The fraction of sp³-hybridized carbons (Fsp3) is 0. The van der Waals surface area contributed by atoms with Crippen LogP contribution < -0.4 is 4.90 Å². The molecule has 2 aromatic heterocycles. The number of aromatic nitrogens is 2. The molecule has 0 amide bonds. The monoisotopic (exact) mass is 615 g/mol. The fourth-order valence-corrected chi connectivity index (χ4v) is 6.59. The molecule has 2 heterocycles. The van der Waals surface area contributed by atoms with E-state index in [0.717, 1.165) is 66.7 Å². The van der Waals surface area contributed by atoms with Crippen LogP contribution >= 0.6 is 0 Å². The van der Waals surface area contributed by atoms with Gasteiger partial charge >= 0.3 is 0 Å². The number of hydrogen-bond acceptors (Lipinski definition) is 4. The number of rotatable bonds is 6. The van der Waals surface area contributed by atoms with Crippen LogP contribution in [-0.4, -0.2) is 9.97 Å². The summed E-state index contributed by atoms with van der Waals surface area (Å²) in [6, 6.07) is 60.8. The quantitative estimate of drug-likeness (QED) is 0.187. The van der Waals surface area contributed by atoms with E-state index in [1.807, 2.05) is 54.6 Å². The van der Waals surface area contributed by atoms with Gasteiger partial charge in [0.05, 0.1) is 22.3 Å². The predicted octanol–water partition coefficient (Wildman–Crippen LogP) is 12.0. The van der Waals surface area contributed by atoms with Crippen molar-refractivity contribution in [2.75, 3.05) is 4.90 Å². The van der Waals surface area contributed by atoms with Gasteiger partial charge in [0, 0.05) is 33.3 Å². The highest BCUT2D eigenvalue weighted by Gasteiger charge is 2.20. The standard InChI is InChI=1S/C44H29N3O/c1-4-13-30(14-5-1)31-23-26-35(27-24-31)47(34-17-8-3-9-18-34)39-21-12-22-40-42(39)37-28-25-33(29-41(37)48-40)44-45-38-20-11-10-19-36(38)43(46-44)32-15-6-2-7-16-32/h1-29H. The van der Waals surface area contributed by atoms with Crippen LogP contribution in [0, 0.1) is 0 Å². The van der Waals surface area contributed by atoms with Gasteiger partial charge in [-0.25, -0.2) is 9.97 Å². The van der Waals surface area contributed by atoms with E-state index in [-0.39, 0.29) is 0 Å². The van der Waals surface area contributed by atoms with Crippen LogP contribution in [0.25, 0.3) is 66.6 Å². The number of anilines is 3. The van der Waals surface area contributed by atoms with Gasteiger partial charge in [-0.3, -0.25) is 0 Å². The Labute approximate surface area is 278 Å². The fourth-order valence-electron chi connectivity index (χ4n) is 6.59. The minimum atomic E-state index is 0.666. The summed E-state index contributed by atoms with van der Waals surface area (Å²) in [5, 5.41) is 3.12. The molecule has 0 bridgehead atoms. The van der Waals surface area contributed by atoms with E-state index in [1.165, 1.54) is 11.1 Å². The molecular formula is C44H29N3O. The van der Waals surface area contributed by atoms with E-state index in [2.05, 4.69) is 126 Å². The average molecular weight is 616 g/mol. The maximum absolute atomic E-state index is 6.57. The van der Waals surface area contributed by atoms with Crippen molar-refractivity contribution in [1.82, 2.24) is 9.97 Å². The molecule has 0 atom stereocenters. The summed E-state index contributed by atoms with van der Waals surface area (Å²) in [4.78, 5) is 12.4. The zero-order valence-corrected chi connectivity index (χ0v) is 26.0. The minimum Gasteiger partial charge on any atom is -0.456 e. The van der Waals surface area contributed by atoms with Crippen LogP contribution in [0.3, 0.4) is 0 Å². The summed E-state index contributed by atoms with van der Waals surface area (Å²) in [5.41, 5.74) is 11.0. The Balaban J connectivity index is 1.19. The second-order valence-electron chi connectivity index (χ2n) is 11.8. The lowest BCUT2D eigenvalue weighted by molar-refractivity contribution is 0.669. The minimum absolute atomic E-state index is 0.666. The molecule has 0 radical (unpaired) electrons. The van der Waals surface area contributed by atoms with Gasteiger partial charge in [-0.2, -0.15) is 0 Å². The zero-order valence-electron chi connectivity index (χ0n) is 26.0. The molecule has 9 aromatic rings. The molecule has 226 valence electrons. The van der Waals surface area contributed by atoms with Crippen LogP contribution in [0.15, 0.2) is 180 Å². The van der Waals surface area contributed by atoms with Crippen molar-refractivity contribution in [2.45, 2.75) is 0 Å². The Morgan fingerprint density at radius 3 is 1.81 bits per heavy atom. The van der Waals surface area contributed by atoms with Crippen LogP contribution in [0.5, 0.6) is 0 Å². The van der Waals surface area contributed by atoms with E-state index < -0.39 is 0 Å². The number of hydrogen-bond donors (Lipinski definition) is 0. The van der Waals surface area contributed by atoms with Gasteiger partial charge in [-0.15, -0.1) is 0 Å². The van der Waals surface area contributed by atoms with E-state index in [1.54, 1.807) is 0 Å². The van der Waals surface area contributed by atoms with Gasteiger partial charge in [0.2, 0.25) is 0 Å². The molecule has 0 N–H and O–H groups in total. The number of furan rings is 1. The van der Waals surface area contributed by atoms with E-state index in [0.29, 0.717) is 5.82 Å². The van der Waals surface area contributed by atoms with Crippen molar-refractivity contribution < 1.29 is 4.42 Å². The second kappa shape index (κ2) is 11.7. The van der Waals surface area contributed by atoms with Gasteiger partial charge in [-0.1, -0.05) is 121 Å². The maximum Gasteiger partial charge on any atom is 0.160 e. The molecule has 0 aliphatic carbocycles. The second-order valence-corrected chi connectivity index (χ2v) is 11.8. The van der Waals surface area contributed by atoms with Crippen molar-refractivity contribution in [2.24, 2.45) is 0 Å². The molecule has 0 aliphatic heterocycles. The van der Waals surface area contributed by atoms with Crippen molar-refractivity contribution in [3.05, 3.63) is 176 Å². The molecule has 7 aromatic carbocycles. The molecule has 4 heteroatoms. The van der Waals surface area contributed by atoms with Gasteiger partial charge in [0.25, 0.3) is 0 Å². The Kier molecular flexibility index (Phi) is 6.76. The first-order valence-electron chi connectivity index (χ1n) is 16.1. The van der Waals surface area contributed by atoms with E-state index in [9.17, 15) is 0 Å². The summed E-state index contributed by atoms with van der Waals surface area (Å²) in [7, 11) is 0. The van der Waals surface area contributed by atoms with E-state index in [4.69, 9.17) is 14.4 Å². The maximum atomic E-state index is 6.57. The Morgan fingerprint density at radius 2 is 1.04 bits per heavy atom. The average Bonchev–Trinajstić information content (AvgIpc) is 3.55. The number of fused-ring (bicyclic) bond motifs is 4. The first-order chi connectivity index (χ1) is 23.8. The molecule has 0 saturated carbocycles. The summed E-state index contributed by atoms with van der Waals surface area (Å²) in [5.74, 6) is 0.666. The lowest BCUT2D eigenvalue weighted by Gasteiger charge is -2.26. The Morgan fingerprint density at radius 1 is 0.417 bits per heavy atom. The molecule has 0 unspecified atom stereocenters. The number of benzene rings is 7. The Bertz CT molecular complexity index is 2540. The third kappa shape index (κ3) is 4.88. The lowest BCUT2D eigenvalue weighted by atomic mass is 10.0. The highest BCUT2D eigenvalue weighted by Crippen LogP contribution is 2.43. The summed E-state index contributed by atoms with van der Waals surface area (Å²) in [6.45, 7) is 0. The Hall–Kier alpha value is -6.52. The number of para-hydroxylation sites is 2. The van der Waals surface area contributed by atoms with Crippen molar-refractivity contribution >= 4 is 49.9 Å². The van der Waals surface area contributed by atoms with Crippen molar-refractivity contribution in [3.63, 3.8) is 0 Å². The smallest absolute Gasteiger partial charge is 0.160 e. The normalized spacial score (nSPS) is 11.3. The topological polar surface area (TPSA) is 42.2 Å². The molecule has 0 saturated heterocycles. The highest BCUT2D eigenvalue weighted by molar-refractivity contribution is 6.14. The summed E-state index contributed by atoms with van der Waals surface area (Å²) < 4.78 is 6.57. The molecule has 48 heavy (non-hydrogen) atoms.